The fraction of sp³-hybridized carbons (Fsp3) is 0.533. The topological polar surface area (TPSA) is 29.5 Å². The van der Waals surface area contributed by atoms with Crippen LogP contribution < -0.4 is 0 Å². The Labute approximate surface area is 129 Å². The highest BCUT2D eigenvalue weighted by molar-refractivity contribution is 6.36. The van der Waals surface area contributed by atoms with E-state index in [0.29, 0.717) is 28.1 Å². The van der Waals surface area contributed by atoms with E-state index in [9.17, 15) is 4.79 Å². The Kier molecular flexibility index (Phi) is 5.85. The van der Waals surface area contributed by atoms with Crippen LogP contribution in [-0.2, 0) is 4.74 Å². The summed E-state index contributed by atoms with van der Waals surface area (Å²) < 4.78 is 5.46. The lowest BCUT2D eigenvalue weighted by molar-refractivity contribution is 0.0416. The van der Waals surface area contributed by atoms with Gasteiger partial charge in [0.05, 0.1) is 18.2 Å². The van der Waals surface area contributed by atoms with E-state index in [4.69, 9.17) is 27.9 Å². The van der Waals surface area contributed by atoms with Gasteiger partial charge >= 0.3 is 0 Å². The number of hydrogen-bond donors (Lipinski definition) is 0. The second-order valence-electron chi connectivity index (χ2n) is 5.33. The van der Waals surface area contributed by atoms with Crippen LogP contribution in [0.4, 0.5) is 0 Å². The number of ether oxygens (including phenoxy) is 1. The predicted molar refractivity (Wildman–Crippen MR) is 81.8 cm³/mol. The molecule has 1 aliphatic rings. The first-order valence-corrected chi connectivity index (χ1v) is 7.56. The number of Topliss-reactive ketones (excluding diaryl/α,β-unsaturated/α-hetero) is 1. The third-order valence-corrected chi connectivity index (χ3v) is 4.03. The molecule has 5 heteroatoms. The Morgan fingerprint density at radius 2 is 2.25 bits per heavy atom. The summed E-state index contributed by atoms with van der Waals surface area (Å²) in [5, 5.41) is 0.981. The van der Waals surface area contributed by atoms with E-state index in [0.717, 1.165) is 32.6 Å². The number of carbonyl (C=O) groups is 1. The minimum absolute atomic E-state index is 0.00303. The highest BCUT2D eigenvalue weighted by atomic mass is 35.5. The second-order valence-corrected chi connectivity index (χ2v) is 6.17. The van der Waals surface area contributed by atoms with Crippen LogP contribution in [0.5, 0.6) is 0 Å². The number of benzene rings is 1. The second kappa shape index (κ2) is 7.41. The number of carbonyl (C=O) groups excluding carboxylic acids is 1. The molecule has 1 atom stereocenters. The summed E-state index contributed by atoms with van der Waals surface area (Å²) in [4.78, 5) is 14.3. The van der Waals surface area contributed by atoms with Gasteiger partial charge in [0.15, 0.2) is 5.78 Å². The highest BCUT2D eigenvalue weighted by Crippen LogP contribution is 2.21. The zero-order valence-corrected chi connectivity index (χ0v) is 13.1. The zero-order valence-electron chi connectivity index (χ0n) is 11.6. The van der Waals surface area contributed by atoms with Gasteiger partial charge in [0.2, 0.25) is 0 Å². The van der Waals surface area contributed by atoms with E-state index >= 15 is 0 Å². The van der Waals surface area contributed by atoms with Crippen LogP contribution in [0.2, 0.25) is 10.0 Å². The molecule has 2 rings (SSSR count). The number of ketones is 1. The molecular formula is C15H19Cl2NO2. The highest BCUT2D eigenvalue weighted by Gasteiger charge is 2.18. The predicted octanol–water partition coefficient (Wildman–Crippen LogP) is 3.53. The van der Waals surface area contributed by atoms with Crippen molar-refractivity contribution in [3.8, 4) is 0 Å². The molecule has 0 amide bonds. The van der Waals surface area contributed by atoms with Gasteiger partial charge in [0, 0.05) is 23.7 Å². The molecular weight excluding hydrogens is 297 g/mol. The monoisotopic (exact) mass is 315 g/mol. The average molecular weight is 316 g/mol. The number of halogens is 2. The van der Waals surface area contributed by atoms with E-state index in [1.807, 2.05) is 11.9 Å². The van der Waals surface area contributed by atoms with Gasteiger partial charge in [-0.2, -0.15) is 0 Å². The molecule has 1 saturated heterocycles. The molecule has 1 heterocycles. The molecule has 0 aromatic heterocycles. The molecule has 110 valence electrons. The van der Waals surface area contributed by atoms with Crippen LogP contribution in [-0.4, -0.2) is 44.0 Å². The number of hydrogen-bond acceptors (Lipinski definition) is 3. The summed E-state index contributed by atoms with van der Waals surface area (Å²) in [6.07, 6.45) is 2.27. The Hall–Kier alpha value is -0.610. The lowest BCUT2D eigenvalue weighted by Gasteiger charge is -2.26. The SMILES string of the molecule is CN(CC(=O)c1cc(Cl)ccc1Cl)CC1CCCOC1. The van der Waals surface area contributed by atoms with E-state index in [2.05, 4.69) is 0 Å². The molecule has 0 aliphatic carbocycles. The van der Waals surface area contributed by atoms with Crippen LogP contribution in [0.3, 0.4) is 0 Å². The maximum atomic E-state index is 12.3. The van der Waals surface area contributed by atoms with Crippen LogP contribution in [0.1, 0.15) is 23.2 Å². The van der Waals surface area contributed by atoms with Crippen LogP contribution in [0, 0.1) is 5.92 Å². The maximum absolute atomic E-state index is 12.3. The molecule has 0 saturated carbocycles. The summed E-state index contributed by atoms with van der Waals surface area (Å²) in [6, 6.07) is 4.97. The fourth-order valence-corrected chi connectivity index (χ4v) is 2.89. The molecule has 0 spiro atoms. The van der Waals surface area contributed by atoms with Gasteiger partial charge < -0.3 is 4.74 Å². The van der Waals surface area contributed by atoms with Gasteiger partial charge in [-0.25, -0.2) is 0 Å². The van der Waals surface area contributed by atoms with Crippen LogP contribution in [0.25, 0.3) is 0 Å². The number of nitrogens with zero attached hydrogens (tertiary/aromatic N) is 1. The van der Waals surface area contributed by atoms with Crippen molar-refractivity contribution >= 4 is 29.0 Å². The fourth-order valence-electron chi connectivity index (χ4n) is 2.50. The van der Waals surface area contributed by atoms with Gasteiger partial charge in [-0.1, -0.05) is 23.2 Å². The molecule has 0 bridgehead atoms. The van der Waals surface area contributed by atoms with Crippen molar-refractivity contribution in [3.05, 3.63) is 33.8 Å². The molecule has 0 radical (unpaired) electrons. The average Bonchev–Trinajstić information content (AvgIpc) is 2.42. The quantitative estimate of drug-likeness (QED) is 0.778. The first-order chi connectivity index (χ1) is 9.56. The third kappa shape index (κ3) is 4.45. The zero-order chi connectivity index (χ0) is 14.5. The molecule has 1 fully saturated rings. The smallest absolute Gasteiger partial charge is 0.178 e. The summed E-state index contributed by atoms with van der Waals surface area (Å²) in [5.41, 5.74) is 0.492. The van der Waals surface area contributed by atoms with E-state index in [1.54, 1.807) is 18.2 Å². The molecule has 1 unspecified atom stereocenters. The van der Waals surface area contributed by atoms with Crippen LogP contribution >= 0.6 is 23.2 Å². The maximum Gasteiger partial charge on any atom is 0.178 e. The Balaban J connectivity index is 1.91. The van der Waals surface area contributed by atoms with Gasteiger partial charge in [-0.3, -0.25) is 9.69 Å². The van der Waals surface area contributed by atoms with Crippen molar-refractivity contribution in [2.45, 2.75) is 12.8 Å². The molecule has 1 aromatic rings. The van der Waals surface area contributed by atoms with E-state index in [-0.39, 0.29) is 5.78 Å². The Morgan fingerprint density at radius 3 is 2.95 bits per heavy atom. The van der Waals surface area contributed by atoms with Crippen molar-refractivity contribution in [2.75, 3.05) is 33.4 Å². The summed E-state index contributed by atoms with van der Waals surface area (Å²) in [6.45, 7) is 2.86. The minimum atomic E-state index is -0.00303. The van der Waals surface area contributed by atoms with Crippen molar-refractivity contribution in [2.24, 2.45) is 5.92 Å². The summed E-state index contributed by atoms with van der Waals surface area (Å²) in [5.74, 6) is 0.508. The summed E-state index contributed by atoms with van der Waals surface area (Å²) >= 11 is 12.0. The number of likely N-dealkylation sites (N-methyl/N-ethyl adjacent to an activating group) is 1. The first kappa shape index (κ1) is 15.8. The van der Waals surface area contributed by atoms with Gasteiger partial charge in [-0.15, -0.1) is 0 Å². The molecule has 1 aromatic carbocycles. The van der Waals surface area contributed by atoms with Crippen molar-refractivity contribution in [1.82, 2.24) is 4.90 Å². The minimum Gasteiger partial charge on any atom is -0.381 e. The standard InChI is InChI=1S/C15H19Cl2NO2/c1-18(8-11-3-2-6-20-10-11)9-15(19)13-7-12(16)4-5-14(13)17/h4-5,7,11H,2-3,6,8-10H2,1H3. The van der Waals surface area contributed by atoms with Crippen molar-refractivity contribution < 1.29 is 9.53 Å². The Bertz CT molecular complexity index is 473. The molecule has 3 nitrogen and oxygen atoms in total. The lowest BCUT2D eigenvalue weighted by atomic mass is 10.0. The molecule has 0 N–H and O–H groups in total. The van der Waals surface area contributed by atoms with Gasteiger partial charge in [0.1, 0.15) is 0 Å². The van der Waals surface area contributed by atoms with Gasteiger partial charge in [-0.05, 0) is 44.0 Å². The summed E-state index contributed by atoms with van der Waals surface area (Å²) in [7, 11) is 1.95. The Morgan fingerprint density at radius 1 is 1.45 bits per heavy atom. The molecule has 20 heavy (non-hydrogen) atoms. The largest absolute Gasteiger partial charge is 0.381 e. The van der Waals surface area contributed by atoms with Crippen molar-refractivity contribution in [1.29, 1.82) is 0 Å². The number of rotatable bonds is 5. The van der Waals surface area contributed by atoms with Crippen LogP contribution in [0.15, 0.2) is 18.2 Å². The lowest BCUT2D eigenvalue weighted by Crippen LogP contribution is -2.34. The normalized spacial score (nSPS) is 19.3. The van der Waals surface area contributed by atoms with E-state index < -0.39 is 0 Å². The van der Waals surface area contributed by atoms with Gasteiger partial charge in [0.25, 0.3) is 0 Å². The molecule has 1 aliphatic heterocycles. The van der Waals surface area contributed by atoms with E-state index in [1.165, 1.54) is 0 Å². The third-order valence-electron chi connectivity index (χ3n) is 3.47. The van der Waals surface area contributed by atoms with Crippen molar-refractivity contribution in [3.63, 3.8) is 0 Å². The first-order valence-electron chi connectivity index (χ1n) is 6.81.